The lowest BCUT2D eigenvalue weighted by atomic mass is 10.0. The largest absolute Gasteiger partial charge is 0.484 e. The van der Waals surface area contributed by atoms with Crippen molar-refractivity contribution in [3.63, 3.8) is 0 Å². The minimum atomic E-state index is -0.721. The zero-order chi connectivity index (χ0) is 24.5. The third-order valence-electron chi connectivity index (χ3n) is 5.41. The molecule has 3 aromatic rings. The molecule has 0 aliphatic rings. The highest BCUT2D eigenvalue weighted by Gasteiger charge is 2.30. The molecule has 34 heavy (non-hydrogen) atoms. The molecule has 178 valence electrons. The van der Waals surface area contributed by atoms with Crippen molar-refractivity contribution in [2.75, 3.05) is 13.2 Å². The molecular weight excluding hydrogens is 516 g/mol. The van der Waals surface area contributed by atoms with Crippen LogP contribution in [0.25, 0.3) is 0 Å². The molecule has 0 aliphatic heterocycles. The summed E-state index contributed by atoms with van der Waals surface area (Å²) in [5.41, 5.74) is 2.72. The van der Waals surface area contributed by atoms with Crippen LogP contribution in [0.1, 0.15) is 23.6 Å². The Morgan fingerprint density at radius 1 is 1.06 bits per heavy atom. The molecule has 7 heteroatoms. The number of nitrogens with one attached hydrogen (secondary N) is 1. The molecule has 1 atom stereocenters. The highest BCUT2D eigenvalue weighted by Crippen LogP contribution is 2.23. The molecule has 0 radical (unpaired) electrons. The van der Waals surface area contributed by atoms with Crippen molar-refractivity contribution in [3.8, 4) is 5.75 Å². The van der Waals surface area contributed by atoms with Gasteiger partial charge in [-0.05, 0) is 54.8 Å². The van der Waals surface area contributed by atoms with Gasteiger partial charge in [0.1, 0.15) is 11.8 Å². The van der Waals surface area contributed by atoms with Crippen LogP contribution in [0.15, 0.2) is 77.3 Å². The van der Waals surface area contributed by atoms with E-state index in [4.69, 9.17) is 16.3 Å². The highest BCUT2D eigenvalue weighted by molar-refractivity contribution is 9.10. The van der Waals surface area contributed by atoms with Crippen molar-refractivity contribution < 1.29 is 14.3 Å². The topological polar surface area (TPSA) is 58.6 Å². The van der Waals surface area contributed by atoms with E-state index in [1.165, 1.54) is 0 Å². The molecule has 5 nitrogen and oxygen atoms in total. The Hall–Kier alpha value is -2.83. The number of carbonyl (C=O) groups is 2. The number of carbonyl (C=O) groups excluding carboxylic acids is 2. The van der Waals surface area contributed by atoms with E-state index in [-0.39, 0.29) is 25.0 Å². The van der Waals surface area contributed by atoms with Crippen molar-refractivity contribution >= 4 is 39.3 Å². The van der Waals surface area contributed by atoms with Gasteiger partial charge in [0.15, 0.2) is 6.61 Å². The zero-order valence-electron chi connectivity index (χ0n) is 19.3. The number of amides is 2. The maximum Gasteiger partial charge on any atom is 0.261 e. The van der Waals surface area contributed by atoms with Gasteiger partial charge in [-0.1, -0.05) is 76.1 Å². The average Bonchev–Trinajstić information content (AvgIpc) is 2.83. The monoisotopic (exact) mass is 542 g/mol. The Morgan fingerprint density at radius 2 is 1.76 bits per heavy atom. The summed E-state index contributed by atoms with van der Waals surface area (Å²) in [5, 5.41) is 3.42. The second-order valence-corrected chi connectivity index (χ2v) is 9.17. The number of hydrogen-bond donors (Lipinski definition) is 1. The molecule has 0 bridgehead atoms. The van der Waals surface area contributed by atoms with Gasteiger partial charge in [-0.2, -0.15) is 0 Å². The van der Waals surface area contributed by atoms with Gasteiger partial charge in [0, 0.05) is 29.0 Å². The Bertz CT molecular complexity index is 1120. The first-order valence-corrected chi connectivity index (χ1v) is 12.3. The summed E-state index contributed by atoms with van der Waals surface area (Å²) in [4.78, 5) is 28.2. The molecule has 3 rings (SSSR count). The van der Waals surface area contributed by atoms with Gasteiger partial charge in [-0.25, -0.2) is 0 Å². The van der Waals surface area contributed by atoms with Gasteiger partial charge >= 0.3 is 0 Å². The quantitative estimate of drug-likeness (QED) is 0.364. The van der Waals surface area contributed by atoms with Crippen LogP contribution >= 0.6 is 27.5 Å². The van der Waals surface area contributed by atoms with E-state index in [0.717, 1.165) is 21.2 Å². The van der Waals surface area contributed by atoms with Crippen molar-refractivity contribution in [2.45, 2.75) is 32.9 Å². The number of nitrogens with zero attached hydrogens (tertiary/aromatic N) is 1. The predicted molar refractivity (Wildman–Crippen MR) is 139 cm³/mol. The second kappa shape index (κ2) is 12.6. The fraction of sp³-hybridized carbons (Fsp3) is 0.259. The normalized spacial score (nSPS) is 11.5. The molecule has 0 aliphatic carbocycles. The molecule has 0 unspecified atom stereocenters. The van der Waals surface area contributed by atoms with Gasteiger partial charge in [-0.3, -0.25) is 9.59 Å². The second-order valence-electron chi connectivity index (χ2n) is 7.91. The van der Waals surface area contributed by atoms with E-state index < -0.39 is 6.04 Å². The first-order chi connectivity index (χ1) is 16.4. The Balaban J connectivity index is 1.90. The van der Waals surface area contributed by atoms with Crippen LogP contribution in [0.5, 0.6) is 5.75 Å². The molecule has 0 saturated carbocycles. The van der Waals surface area contributed by atoms with Crippen molar-refractivity contribution in [2.24, 2.45) is 0 Å². The summed E-state index contributed by atoms with van der Waals surface area (Å²) in [6.45, 7) is 4.27. The predicted octanol–water partition coefficient (Wildman–Crippen LogP) is 5.57. The standard InChI is InChI=1S/C27H28BrClN2O3/c1-3-30-27(33)25(16-20-9-5-4-6-10-20)31(17-21-11-7-8-12-24(21)29)26(32)18-34-22-13-14-23(28)19(2)15-22/h4-15,25H,3,16-18H2,1-2H3,(H,30,33)/t25-/m1/s1. The van der Waals surface area contributed by atoms with E-state index in [1.807, 2.05) is 74.5 Å². The number of ether oxygens (including phenoxy) is 1. The number of hydrogen-bond acceptors (Lipinski definition) is 3. The van der Waals surface area contributed by atoms with Crippen LogP contribution in [0, 0.1) is 6.92 Å². The summed E-state index contributed by atoms with van der Waals surface area (Å²) in [6, 6.07) is 21.8. The highest BCUT2D eigenvalue weighted by atomic mass is 79.9. The van der Waals surface area contributed by atoms with Crippen molar-refractivity contribution in [1.82, 2.24) is 10.2 Å². The van der Waals surface area contributed by atoms with Gasteiger partial charge in [0.2, 0.25) is 5.91 Å². The molecule has 3 aromatic carbocycles. The number of halogens is 2. The first kappa shape index (κ1) is 25.8. The lowest BCUT2D eigenvalue weighted by Gasteiger charge is -2.31. The summed E-state index contributed by atoms with van der Waals surface area (Å²) in [5.74, 6) is 0.0725. The van der Waals surface area contributed by atoms with Crippen LogP contribution < -0.4 is 10.1 Å². The molecule has 0 fully saturated rings. The summed E-state index contributed by atoms with van der Waals surface area (Å²) in [7, 11) is 0. The molecular formula is C27H28BrClN2O3. The van der Waals surface area contributed by atoms with Crippen LogP contribution in [0.3, 0.4) is 0 Å². The van der Waals surface area contributed by atoms with Crippen LogP contribution in [-0.4, -0.2) is 35.9 Å². The lowest BCUT2D eigenvalue weighted by molar-refractivity contribution is -0.142. The molecule has 0 spiro atoms. The van der Waals surface area contributed by atoms with Crippen molar-refractivity contribution in [1.29, 1.82) is 0 Å². The summed E-state index contributed by atoms with van der Waals surface area (Å²) < 4.78 is 6.78. The minimum absolute atomic E-state index is 0.190. The summed E-state index contributed by atoms with van der Waals surface area (Å²) in [6.07, 6.45) is 0.375. The van der Waals surface area contributed by atoms with E-state index in [1.54, 1.807) is 17.0 Å². The third-order valence-corrected chi connectivity index (χ3v) is 6.67. The van der Waals surface area contributed by atoms with Gasteiger partial charge in [0.05, 0.1) is 0 Å². The van der Waals surface area contributed by atoms with Gasteiger partial charge < -0.3 is 15.0 Å². The zero-order valence-corrected chi connectivity index (χ0v) is 21.6. The molecule has 2 amide bonds. The maximum absolute atomic E-state index is 13.5. The van der Waals surface area contributed by atoms with E-state index in [9.17, 15) is 9.59 Å². The lowest BCUT2D eigenvalue weighted by Crippen LogP contribution is -2.51. The molecule has 0 heterocycles. The first-order valence-electron chi connectivity index (χ1n) is 11.1. The minimum Gasteiger partial charge on any atom is -0.484 e. The van der Waals surface area contributed by atoms with Crippen LogP contribution in [-0.2, 0) is 22.6 Å². The number of benzene rings is 3. The number of rotatable bonds is 10. The van der Waals surface area contributed by atoms with E-state index in [2.05, 4.69) is 21.2 Å². The van der Waals surface area contributed by atoms with Gasteiger partial charge in [0.25, 0.3) is 5.91 Å². The number of aryl methyl sites for hydroxylation is 1. The smallest absolute Gasteiger partial charge is 0.261 e. The van der Waals surface area contributed by atoms with E-state index >= 15 is 0 Å². The van der Waals surface area contributed by atoms with Crippen molar-refractivity contribution in [3.05, 3.63) is 99.0 Å². The van der Waals surface area contributed by atoms with Crippen LogP contribution in [0.2, 0.25) is 5.02 Å². The molecule has 0 aromatic heterocycles. The number of likely N-dealkylation sites (N-methyl/N-ethyl adjacent to an activating group) is 1. The average molecular weight is 544 g/mol. The fourth-order valence-electron chi connectivity index (χ4n) is 3.59. The van der Waals surface area contributed by atoms with Gasteiger partial charge in [-0.15, -0.1) is 0 Å². The maximum atomic E-state index is 13.5. The molecule has 0 saturated heterocycles. The Kier molecular flexibility index (Phi) is 9.54. The van der Waals surface area contributed by atoms with Crippen LogP contribution in [0.4, 0.5) is 0 Å². The third kappa shape index (κ3) is 7.08. The fourth-order valence-corrected chi connectivity index (χ4v) is 4.03. The summed E-state index contributed by atoms with van der Waals surface area (Å²) >= 11 is 9.88. The Morgan fingerprint density at radius 3 is 2.44 bits per heavy atom. The Labute approximate surface area is 214 Å². The molecule has 1 N–H and O–H groups in total. The van der Waals surface area contributed by atoms with E-state index in [0.29, 0.717) is 23.7 Å². The SMILES string of the molecule is CCNC(=O)[C@@H](Cc1ccccc1)N(Cc1ccccc1Cl)C(=O)COc1ccc(Br)c(C)c1.